The standard InChI is InChI=1S/C21H23ClN2O5/c1-23(2)9-5-10-24-18(16-6-4-11-29-16)17(20(26)21(24)27)19(25)13-7-8-15(28-3)14(22)12-13/h4,6-8,11-12,18,25H,5,9-10H2,1-3H3/p+1/b19-17-/t18-/m0/s1. The fraction of sp³-hybridized carbons (Fsp3) is 0.333. The van der Waals surface area contributed by atoms with Gasteiger partial charge in [-0.15, -0.1) is 0 Å². The number of furan rings is 1. The fourth-order valence-corrected chi connectivity index (χ4v) is 3.68. The smallest absolute Gasteiger partial charge is 0.295 e. The molecule has 1 amide bonds. The normalized spacial score (nSPS) is 18.7. The van der Waals surface area contributed by atoms with Crippen LogP contribution >= 0.6 is 11.6 Å². The van der Waals surface area contributed by atoms with Crippen molar-refractivity contribution in [3.8, 4) is 5.75 Å². The molecule has 154 valence electrons. The van der Waals surface area contributed by atoms with Crippen molar-refractivity contribution in [3.63, 3.8) is 0 Å². The van der Waals surface area contributed by atoms with E-state index in [0.717, 1.165) is 6.54 Å². The Labute approximate surface area is 174 Å². The van der Waals surface area contributed by atoms with Crippen LogP contribution in [0.4, 0.5) is 0 Å². The molecule has 0 bridgehead atoms. The van der Waals surface area contributed by atoms with E-state index in [-0.39, 0.29) is 16.4 Å². The lowest BCUT2D eigenvalue weighted by Crippen LogP contribution is -3.05. The first-order valence-corrected chi connectivity index (χ1v) is 9.67. The van der Waals surface area contributed by atoms with Gasteiger partial charge in [-0.25, -0.2) is 0 Å². The molecular weight excluding hydrogens is 396 g/mol. The Morgan fingerprint density at radius 2 is 2.07 bits per heavy atom. The number of likely N-dealkylation sites (tertiary alicyclic amines) is 1. The zero-order chi connectivity index (χ0) is 21.1. The van der Waals surface area contributed by atoms with Crippen LogP contribution in [0.5, 0.6) is 5.75 Å². The summed E-state index contributed by atoms with van der Waals surface area (Å²) in [5.74, 6) is -0.829. The summed E-state index contributed by atoms with van der Waals surface area (Å²) in [5, 5.41) is 11.2. The minimum absolute atomic E-state index is 0.0108. The van der Waals surface area contributed by atoms with Crippen molar-refractivity contribution in [3.05, 3.63) is 58.5 Å². The molecule has 1 saturated heterocycles. The van der Waals surface area contributed by atoms with E-state index in [1.54, 1.807) is 24.3 Å². The molecule has 0 saturated carbocycles. The number of nitrogens with one attached hydrogen (secondary N) is 1. The third-order valence-corrected chi connectivity index (χ3v) is 5.15. The summed E-state index contributed by atoms with van der Waals surface area (Å²) in [6.07, 6.45) is 2.19. The number of ether oxygens (including phenoxy) is 1. The van der Waals surface area contributed by atoms with Crippen LogP contribution in [0.25, 0.3) is 5.76 Å². The summed E-state index contributed by atoms with van der Waals surface area (Å²) in [4.78, 5) is 28.3. The summed E-state index contributed by atoms with van der Waals surface area (Å²) < 4.78 is 10.6. The molecule has 0 radical (unpaired) electrons. The third-order valence-electron chi connectivity index (χ3n) is 4.85. The van der Waals surface area contributed by atoms with E-state index in [9.17, 15) is 14.7 Å². The first-order valence-electron chi connectivity index (χ1n) is 9.30. The van der Waals surface area contributed by atoms with Crippen molar-refractivity contribution in [1.29, 1.82) is 0 Å². The van der Waals surface area contributed by atoms with E-state index in [1.807, 2.05) is 14.1 Å². The number of Topliss-reactive ketones (excluding diaryl/α,β-unsaturated/α-hetero) is 1. The molecule has 3 rings (SSSR count). The Morgan fingerprint density at radius 1 is 1.31 bits per heavy atom. The largest absolute Gasteiger partial charge is 0.507 e. The van der Waals surface area contributed by atoms with E-state index in [2.05, 4.69) is 0 Å². The second-order valence-corrected chi connectivity index (χ2v) is 7.58. The monoisotopic (exact) mass is 419 g/mol. The highest BCUT2D eigenvalue weighted by Crippen LogP contribution is 2.40. The molecule has 29 heavy (non-hydrogen) atoms. The van der Waals surface area contributed by atoms with Gasteiger partial charge in [0.1, 0.15) is 23.3 Å². The molecule has 1 fully saturated rings. The minimum Gasteiger partial charge on any atom is -0.507 e. The highest BCUT2D eigenvalue weighted by molar-refractivity contribution is 6.46. The summed E-state index contributed by atoms with van der Waals surface area (Å²) in [7, 11) is 5.52. The van der Waals surface area contributed by atoms with Gasteiger partial charge in [0.05, 0.1) is 44.6 Å². The Morgan fingerprint density at radius 3 is 2.66 bits per heavy atom. The maximum atomic E-state index is 12.8. The van der Waals surface area contributed by atoms with Gasteiger partial charge in [0.15, 0.2) is 0 Å². The molecule has 2 heterocycles. The van der Waals surface area contributed by atoms with Gasteiger partial charge in [-0.2, -0.15) is 0 Å². The number of amides is 1. The summed E-state index contributed by atoms with van der Waals surface area (Å²) >= 11 is 6.17. The summed E-state index contributed by atoms with van der Waals surface area (Å²) in [6.45, 7) is 1.21. The van der Waals surface area contributed by atoms with Gasteiger partial charge in [-0.05, 0) is 30.3 Å². The first kappa shape index (κ1) is 21.0. The Bertz CT molecular complexity index is 937. The number of hydrogen-bond acceptors (Lipinski definition) is 5. The highest BCUT2D eigenvalue weighted by Gasteiger charge is 2.47. The maximum absolute atomic E-state index is 12.8. The number of methoxy groups -OCH3 is 1. The topological polar surface area (TPSA) is 84.4 Å². The number of carbonyl (C=O) groups is 2. The average Bonchev–Trinajstić information content (AvgIpc) is 3.29. The Hall–Kier alpha value is -2.77. The number of benzene rings is 1. The van der Waals surface area contributed by atoms with Crippen LogP contribution in [0.1, 0.15) is 23.8 Å². The summed E-state index contributed by atoms with van der Waals surface area (Å²) in [5.41, 5.74) is 0.312. The van der Waals surface area contributed by atoms with Crippen molar-refractivity contribution in [2.45, 2.75) is 12.5 Å². The molecule has 1 aromatic carbocycles. The Balaban J connectivity index is 2.05. The number of hydrogen-bond donors (Lipinski definition) is 2. The van der Waals surface area contributed by atoms with Crippen LogP contribution in [-0.4, -0.2) is 56.0 Å². The van der Waals surface area contributed by atoms with Crippen LogP contribution in [0.15, 0.2) is 46.6 Å². The predicted molar refractivity (Wildman–Crippen MR) is 108 cm³/mol. The van der Waals surface area contributed by atoms with Gasteiger partial charge in [0, 0.05) is 18.5 Å². The van der Waals surface area contributed by atoms with Crippen LogP contribution < -0.4 is 9.64 Å². The number of ketones is 1. The zero-order valence-electron chi connectivity index (χ0n) is 16.6. The number of nitrogens with zero attached hydrogens (tertiary/aromatic N) is 1. The van der Waals surface area contributed by atoms with Crippen LogP contribution in [0.2, 0.25) is 5.02 Å². The van der Waals surface area contributed by atoms with Gasteiger partial charge < -0.3 is 24.1 Å². The molecule has 1 aliphatic rings. The van der Waals surface area contributed by atoms with Crippen molar-refractivity contribution >= 4 is 29.1 Å². The van der Waals surface area contributed by atoms with E-state index in [0.29, 0.717) is 30.0 Å². The van der Waals surface area contributed by atoms with Crippen molar-refractivity contribution in [2.75, 3.05) is 34.3 Å². The van der Waals surface area contributed by atoms with E-state index < -0.39 is 17.7 Å². The number of quaternary nitrogens is 1. The number of rotatable bonds is 7. The number of aliphatic hydroxyl groups is 1. The van der Waals surface area contributed by atoms with Gasteiger partial charge in [0.2, 0.25) is 0 Å². The molecular formula is C21H24ClN2O5+. The molecule has 0 unspecified atom stereocenters. The lowest BCUT2D eigenvalue weighted by atomic mass is 9.99. The predicted octanol–water partition coefficient (Wildman–Crippen LogP) is 1.90. The molecule has 1 aliphatic heterocycles. The molecule has 1 aromatic heterocycles. The molecule has 0 aliphatic carbocycles. The second kappa shape index (κ2) is 8.71. The molecule has 2 aromatic rings. The van der Waals surface area contributed by atoms with E-state index in [4.69, 9.17) is 20.8 Å². The van der Waals surface area contributed by atoms with Crippen LogP contribution in [-0.2, 0) is 9.59 Å². The lowest BCUT2D eigenvalue weighted by molar-refractivity contribution is -0.858. The van der Waals surface area contributed by atoms with Gasteiger partial charge in [-0.1, -0.05) is 11.6 Å². The zero-order valence-corrected chi connectivity index (χ0v) is 17.3. The average molecular weight is 420 g/mol. The lowest BCUT2D eigenvalue weighted by Gasteiger charge is -2.23. The SMILES string of the molecule is COc1ccc(/C(O)=C2/C(=O)C(=O)N(CCC[NH+](C)C)[C@H]2c2ccco2)cc1Cl. The summed E-state index contributed by atoms with van der Waals surface area (Å²) in [6, 6.07) is 7.26. The minimum atomic E-state index is -0.789. The number of halogens is 1. The van der Waals surface area contributed by atoms with Gasteiger partial charge >= 0.3 is 0 Å². The first-order chi connectivity index (χ1) is 13.8. The number of carbonyl (C=O) groups excluding carboxylic acids is 2. The highest BCUT2D eigenvalue weighted by atomic mass is 35.5. The molecule has 2 N–H and O–H groups in total. The van der Waals surface area contributed by atoms with Crippen molar-refractivity contribution < 1.29 is 28.7 Å². The number of aliphatic hydroxyl groups excluding tert-OH is 1. The van der Waals surface area contributed by atoms with Gasteiger partial charge in [-0.3, -0.25) is 9.59 Å². The third kappa shape index (κ3) is 4.16. The molecule has 1 atom stereocenters. The quantitative estimate of drug-likeness (QED) is 0.407. The fourth-order valence-electron chi connectivity index (χ4n) is 3.43. The Kier molecular flexibility index (Phi) is 6.30. The molecule has 8 heteroatoms. The van der Waals surface area contributed by atoms with E-state index >= 15 is 0 Å². The van der Waals surface area contributed by atoms with E-state index in [1.165, 1.54) is 29.2 Å². The van der Waals surface area contributed by atoms with Gasteiger partial charge in [0.25, 0.3) is 11.7 Å². The van der Waals surface area contributed by atoms with Crippen molar-refractivity contribution in [2.24, 2.45) is 0 Å². The van der Waals surface area contributed by atoms with Crippen LogP contribution in [0, 0.1) is 0 Å². The second-order valence-electron chi connectivity index (χ2n) is 7.17. The maximum Gasteiger partial charge on any atom is 0.295 e. The molecule has 7 nitrogen and oxygen atoms in total. The molecule has 0 spiro atoms. The van der Waals surface area contributed by atoms with Crippen LogP contribution in [0.3, 0.4) is 0 Å². The van der Waals surface area contributed by atoms with Crippen molar-refractivity contribution in [1.82, 2.24) is 4.90 Å².